The summed E-state index contributed by atoms with van der Waals surface area (Å²) in [7, 11) is 0. The van der Waals surface area contributed by atoms with Crippen LogP contribution in [0.1, 0.15) is 40.4 Å². The Morgan fingerprint density at radius 3 is 2.20 bits per heavy atom. The summed E-state index contributed by atoms with van der Waals surface area (Å²) in [5.41, 5.74) is 3.66. The summed E-state index contributed by atoms with van der Waals surface area (Å²) in [5.74, 6) is 0.270. The van der Waals surface area contributed by atoms with Crippen LogP contribution in [0.4, 0.5) is 5.69 Å². The summed E-state index contributed by atoms with van der Waals surface area (Å²) in [6.07, 6.45) is 1.81. The lowest BCUT2D eigenvalue weighted by Crippen LogP contribution is -2.65. The SMILES string of the molecule is Cc1ccc(C(=O)C[N+]23CCC(CC2)C(OC(=O)C(Nc2ccccc2)c2ccccc2)C3)cc1. The lowest BCUT2D eigenvalue weighted by Gasteiger charge is -2.51. The highest BCUT2D eigenvalue weighted by atomic mass is 16.5. The second kappa shape index (κ2) is 10.0. The molecule has 3 aliphatic heterocycles. The molecule has 0 saturated carbocycles. The Bertz CT molecular complexity index is 1150. The largest absolute Gasteiger partial charge is 0.454 e. The van der Waals surface area contributed by atoms with Gasteiger partial charge in [0.1, 0.15) is 13.1 Å². The van der Waals surface area contributed by atoms with Gasteiger partial charge in [-0.15, -0.1) is 0 Å². The highest BCUT2D eigenvalue weighted by Gasteiger charge is 2.49. The first kappa shape index (κ1) is 23.3. The van der Waals surface area contributed by atoms with E-state index in [1.54, 1.807) is 0 Å². The number of para-hydroxylation sites is 1. The monoisotopic (exact) mass is 469 g/mol. The molecule has 0 aromatic heterocycles. The molecule has 3 saturated heterocycles. The summed E-state index contributed by atoms with van der Waals surface area (Å²) in [5, 5.41) is 3.36. The molecule has 3 heterocycles. The zero-order valence-corrected chi connectivity index (χ0v) is 20.2. The molecule has 3 fully saturated rings. The minimum absolute atomic E-state index is 0.167. The lowest BCUT2D eigenvalue weighted by atomic mass is 9.82. The van der Waals surface area contributed by atoms with Gasteiger partial charge in [-0.3, -0.25) is 4.79 Å². The van der Waals surface area contributed by atoms with Crippen molar-refractivity contribution in [2.45, 2.75) is 31.9 Å². The van der Waals surface area contributed by atoms with Crippen molar-refractivity contribution in [3.8, 4) is 0 Å². The number of nitrogens with zero attached hydrogens (tertiary/aromatic N) is 1. The van der Waals surface area contributed by atoms with E-state index >= 15 is 0 Å². The topological polar surface area (TPSA) is 55.4 Å². The van der Waals surface area contributed by atoms with Crippen molar-refractivity contribution in [2.75, 3.05) is 31.5 Å². The number of piperidine rings is 3. The highest BCUT2D eigenvalue weighted by molar-refractivity contribution is 5.97. The molecular weight excluding hydrogens is 436 g/mol. The number of benzene rings is 3. The number of Topliss-reactive ketones (excluding diaryl/α,β-unsaturated/α-hetero) is 1. The van der Waals surface area contributed by atoms with E-state index in [2.05, 4.69) is 5.32 Å². The van der Waals surface area contributed by atoms with Crippen LogP contribution < -0.4 is 5.32 Å². The third-order valence-corrected chi connectivity index (χ3v) is 7.61. The first-order chi connectivity index (χ1) is 17.0. The second-order valence-corrected chi connectivity index (χ2v) is 10.1. The molecule has 0 spiro atoms. The number of aryl methyl sites for hydroxylation is 1. The average molecular weight is 470 g/mol. The molecule has 2 bridgehead atoms. The summed E-state index contributed by atoms with van der Waals surface area (Å²) in [6.45, 7) is 5.15. The van der Waals surface area contributed by atoms with E-state index < -0.39 is 6.04 Å². The zero-order chi connectivity index (χ0) is 24.3. The normalized spacial score (nSPS) is 23.9. The average Bonchev–Trinajstić information content (AvgIpc) is 2.89. The van der Waals surface area contributed by atoms with E-state index in [0.717, 1.165) is 48.3 Å². The van der Waals surface area contributed by atoms with Gasteiger partial charge >= 0.3 is 5.97 Å². The first-order valence-corrected chi connectivity index (χ1v) is 12.5. The number of anilines is 1. The van der Waals surface area contributed by atoms with Gasteiger partial charge in [-0.1, -0.05) is 78.4 Å². The zero-order valence-electron chi connectivity index (χ0n) is 20.2. The fraction of sp³-hybridized carbons (Fsp3) is 0.333. The molecule has 0 amide bonds. The summed E-state index contributed by atoms with van der Waals surface area (Å²) >= 11 is 0. The van der Waals surface area contributed by atoms with Gasteiger partial charge < -0.3 is 14.5 Å². The molecular formula is C30H33N2O3+. The molecule has 2 unspecified atom stereocenters. The fourth-order valence-corrected chi connectivity index (χ4v) is 5.55. The molecule has 0 radical (unpaired) electrons. The van der Waals surface area contributed by atoms with Gasteiger partial charge in [0.05, 0.1) is 13.1 Å². The van der Waals surface area contributed by atoms with Crippen LogP contribution >= 0.6 is 0 Å². The Kier molecular flexibility index (Phi) is 6.69. The molecule has 180 valence electrons. The second-order valence-electron chi connectivity index (χ2n) is 10.1. The lowest BCUT2D eigenvalue weighted by molar-refractivity contribution is -0.938. The maximum absolute atomic E-state index is 13.5. The van der Waals surface area contributed by atoms with Crippen LogP contribution in [0.2, 0.25) is 0 Å². The third-order valence-electron chi connectivity index (χ3n) is 7.61. The van der Waals surface area contributed by atoms with Gasteiger partial charge in [0.15, 0.2) is 12.1 Å². The van der Waals surface area contributed by atoms with Crippen LogP contribution in [0.15, 0.2) is 84.9 Å². The molecule has 0 aliphatic carbocycles. The fourth-order valence-electron chi connectivity index (χ4n) is 5.55. The quantitative estimate of drug-likeness (QED) is 0.280. The number of nitrogens with one attached hydrogen (secondary N) is 1. The number of carbonyl (C=O) groups is 2. The minimum atomic E-state index is -0.586. The minimum Gasteiger partial charge on any atom is -0.454 e. The van der Waals surface area contributed by atoms with Gasteiger partial charge in [-0.05, 0) is 24.6 Å². The predicted octanol–water partition coefficient (Wildman–Crippen LogP) is 5.18. The standard InChI is InChI=1S/C30H33N2O3/c1-22-12-14-23(15-13-22)27(33)20-32-18-16-24(17-19-32)28(21-32)35-30(34)29(25-8-4-2-5-9-25)31-26-10-6-3-7-11-26/h2-15,24,28-29,31H,16-21H2,1H3/q+1. The molecule has 5 nitrogen and oxygen atoms in total. The number of ether oxygens (including phenoxy) is 1. The maximum atomic E-state index is 13.5. The summed E-state index contributed by atoms with van der Waals surface area (Å²) < 4.78 is 6.93. The van der Waals surface area contributed by atoms with Crippen molar-refractivity contribution in [2.24, 2.45) is 5.92 Å². The van der Waals surface area contributed by atoms with E-state index in [1.165, 1.54) is 0 Å². The van der Waals surface area contributed by atoms with Crippen LogP contribution in [-0.4, -0.2) is 48.5 Å². The summed E-state index contributed by atoms with van der Waals surface area (Å²) in [6, 6.07) is 26.7. The van der Waals surface area contributed by atoms with Gasteiger partial charge in [0.25, 0.3) is 0 Å². The van der Waals surface area contributed by atoms with Crippen molar-refractivity contribution in [3.63, 3.8) is 0 Å². The van der Waals surface area contributed by atoms with Crippen molar-refractivity contribution in [1.82, 2.24) is 0 Å². The Labute approximate surface area is 207 Å². The van der Waals surface area contributed by atoms with Gasteiger partial charge in [0.2, 0.25) is 5.78 Å². The molecule has 35 heavy (non-hydrogen) atoms. The molecule has 1 N–H and O–H groups in total. The molecule has 3 aromatic rings. The summed E-state index contributed by atoms with van der Waals surface area (Å²) in [4.78, 5) is 26.6. The van der Waals surface area contributed by atoms with Crippen molar-refractivity contribution < 1.29 is 18.8 Å². The predicted molar refractivity (Wildman–Crippen MR) is 137 cm³/mol. The Balaban J connectivity index is 1.30. The molecule has 2 atom stereocenters. The first-order valence-electron chi connectivity index (χ1n) is 12.5. The molecule has 3 aliphatic rings. The van der Waals surface area contributed by atoms with E-state index in [0.29, 0.717) is 23.5 Å². The number of hydrogen-bond acceptors (Lipinski definition) is 4. The third kappa shape index (κ3) is 5.30. The van der Waals surface area contributed by atoms with Gasteiger partial charge in [-0.25, -0.2) is 4.79 Å². The van der Waals surface area contributed by atoms with Crippen molar-refractivity contribution >= 4 is 17.4 Å². The van der Waals surface area contributed by atoms with Crippen LogP contribution in [0.3, 0.4) is 0 Å². The van der Waals surface area contributed by atoms with E-state index in [1.807, 2.05) is 91.9 Å². The van der Waals surface area contributed by atoms with E-state index in [9.17, 15) is 9.59 Å². The van der Waals surface area contributed by atoms with Crippen LogP contribution in [-0.2, 0) is 9.53 Å². The number of ketones is 1. The Morgan fingerprint density at radius 2 is 1.54 bits per heavy atom. The van der Waals surface area contributed by atoms with Gasteiger partial charge in [0, 0.05) is 30.0 Å². The number of carbonyl (C=O) groups excluding carboxylic acids is 2. The van der Waals surface area contributed by atoms with Crippen molar-refractivity contribution in [3.05, 3.63) is 102 Å². The van der Waals surface area contributed by atoms with Crippen LogP contribution in [0, 0.1) is 12.8 Å². The Morgan fingerprint density at radius 1 is 0.914 bits per heavy atom. The van der Waals surface area contributed by atoms with Crippen LogP contribution in [0.5, 0.6) is 0 Å². The number of rotatable bonds is 8. The van der Waals surface area contributed by atoms with Crippen molar-refractivity contribution in [1.29, 1.82) is 0 Å². The van der Waals surface area contributed by atoms with E-state index in [-0.39, 0.29) is 17.9 Å². The Hall–Kier alpha value is -3.44. The molecule has 6 rings (SSSR count). The number of fused-ring (bicyclic) bond motifs is 3. The number of esters is 1. The van der Waals surface area contributed by atoms with Gasteiger partial charge in [-0.2, -0.15) is 0 Å². The molecule has 3 aromatic carbocycles. The van der Waals surface area contributed by atoms with Crippen LogP contribution in [0.25, 0.3) is 0 Å². The maximum Gasteiger partial charge on any atom is 0.333 e. The number of hydrogen-bond donors (Lipinski definition) is 1. The number of quaternary nitrogens is 1. The highest BCUT2D eigenvalue weighted by Crippen LogP contribution is 2.36. The van der Waals surface area contributed by atoms with E-state index in [4.69, 9.17) is 4.74 Å². The molecule has 5 heteroatoms. The smallest absolute Gasteiger partial charge is 0.333 e.